The van der Waals surface area contributed by atoms with Crippen LogP contribution in [0.15, 0.2) is 0 Å². The molecule has 0 unspecified atom stereocenters. The van der Waals surface area contributed by atoms with Crippen molar-refractivity contribution >= 4 is 34.1 Å². The van der Waals surface area contributed by atoms with Crippen LogP contribution in [0.25, 0.3) is 0 Å². The van der Waals surface area contributed by atoms with Crippen molar-refractivity contribution in [2.75, 3.05) is 18.5 Å². The topological polar surface area (TPSA) is 84.5 Å². The quantitative estimate of drug-likeness (QED) is 0.563. The van der Waals surface area contributed by atoms with Gasteiger partial charge in [0.05, 0.1) is 5.56 Å². The maximum atomic E-state index is 12.2. The Labute approximate surface area is 140 Å². The zero-order valence-corrected chi connectivity index (χ0v) is 14.9. The highest BCUT2D eigenvalue weighted by Crippen LogP contribution is 2.32. The predicted molar refractivity (Wildman–Crippen MR) is 90.9 cm³/mol. The van der Waals surface area contributed by atoms with E-state index in [4.69, 9.17) is 4.74 Å². The van der Waals surface area contributed by atoms with Gasteiger partial charge in [0.1, 0.15) is 5.00 Å². The molecule has 1 aromatic rings. The molecule has 0 saturated carbocycles. The molecule has 0 aromatic carbocycles. The maximum Gasteiger partial charge on any atom is 0.341 e. The van der Waals surface area contributed by atoms with Crippen LogP contribution in [-0.4, -0.2) is 30.9 Å². The van der Waals surface area contributed by atoms with E-state index in [2.05, 4.69) is 17.6 Å². The van der Waals surface area contributed by atoms with E-state index in [1.807, 2.05) is 6.92 Å². The van der Waals surface area contributed by atoms with Gasteiger partial charge < -0.3 is 15.4 Å². The number of ether oxygens (including phenoxy) is 1. The lowest BCUT2D eigenvalue weighted by Crippen LogP contribution is -2.29. The Morgan fingerprint density at radius 2 is 1.87 bits per heavy atom. The number of nitrogens with one attached hydrogen (secondary N) is 2. The Kier molecular flexibility index (Phi) is 7.74. The average molecular weight is 340 g/mol. The Balaban J connectivity index is 2.61. The molecule has 0 fully saturated rings. The van der Waals surface area contributed by atoms with Gasteiger partial charge in [-0.1, -0.05) is 19.8 Å². The molecular formula is C16H24N2O4S. The molecule has 7 heteroatoms. The number of carbonyl (C=O) groups excluding carboxylic acids is 3. The summed E-state index contributed by atoms with van der Waals surface area (Å²) in [6.07, 6.45) is 3.03. The van der Waals surface area contributed by atoms with Gasteiger partial charge in [0, 0.05) is 18.3 Å². The highest BCUT2D eigenvalue weighted by atomic mass is 32.1. The lowest BCUT2D eigenvalue weighted by Gasteiger charge is -2.08. The number of hydrogen-bond donors (Lipinski definition) is 2. The minimum atomic E-state index is -0.598. The number of esters is 1. The molecule has 1 aromatic heterocycles. The van der Waals surface area contributed by atoms with Crippen LogP contribution in [0.2, 0.25) is 0 Å². The molecule has 2 N–H and O–H groups in total. The third-order valence-electron chi connectivity index (χ3n) is 3.32. The van der Waals surface area contributed by atoms with Crippen molar-refractivity contribution in [3.05, 3.63) is 16.0 Å². The Morgan fingerprint density at radius 3 is 2.48 bits per heavy atom. The zero-order chi connectivity index (χ0) is 17.4. The van der Waals surface area contributed by atoms with E-state index >= 15 is 0 Å². The highest BCUT2D eigenvalue weighted by molar-refractivity contribution is 7.16. The van der Waals surface area contributed by atoms with Crippen molar-refractivity contribution in [3.63, 3.8) is 0 Å². The van der Waals surface area contributed by atoms with Crippen LogP contribution in [0.3, 0.4) is 0 Å². The van der Waals surface area contributed by atoms with Gasteiger partial charge in [0.25, 0.3) is 5.91 Å². The molecule has 1 rings (SSSR count). The van der Waals surface area contributed by atoms with Crippen LogP contribution in [0.4, 0.5) is 5.00 Å². The molecule has 2 amide bonds. The fourth-order valence-corrected chi connectivity index (χ4v) is 3.07. The molecule has 0 saturated heterocycles. The van der Waals surface area contributed by atoms with Gasteiger partial charge in [0.2, 0.25) is 5.91 Å². The van der Waals surface area contributed by atoms with E-state index < -0.39 is 5.97 Å². The largest absolute Gasteiger partial charge is 0.452 e. The molecule has 6 nitrogen and oxygen atoms in total. The summed E-state index contributed by atoms with van der Waals surface area (Å²) in [4.78, 5) is 36.0. The number of unbranched alkanes of at least 4 members (excludes halogenated alkanes) is 2. The number of amides is 2. The molecule has 0 spiro atoms. The SMILES string of the molecule is CCCCCNC(=O)COC(=O)c1c(NC(C)=O)sc(C)c1C. The van der Waals surface area contributed by atoms with E-state index in [9.17, 15) is 14.4 Å². The third-order valence-corrected chi connectivity index (χ3v) is 4.44. The summed E-state index contributed by atoms with van der Waals surface area (Å²) >= 11 is 1.32. The Bertz CT molecular complexity index is 581. The van der Waals surface area contributed by atoms with Crippen LogP contribution in [0.1, 0.15) is 53.9 Å². The number of rotatable bonds is 8. The second kappa shape index (κ2) is 9.29. The summed E-state index contributed by atoms with van der Waals surface area (Å²) in [6, 6.07) is 0. The summed E-state index contributed by atoms with van der Waals surface area (Å²) in [7, 11) is 0. The minimum Gasteiger partial charge on any atom is -0.452 e. The van der Waals surface area contributed by atoms with Crippen LogP contribution in [-0.2, 0) is 14.3 Å². The predicted octanol–water partition coefficient (Wildman–Crippen LogP) is 2.79. The summed E-state index contributed by atoms with van der Waals surface area (Å²) in [5, 5.41) is 5.80. The fourth-order valence-electron chi connectivity index (χ4n) is 1.98. The van der Waals surface area contributed by atoms with Crippen LogP contribution in [0, 0.1) is 13.8 Å². The highest BCUT2D eigenvalue weighted by Gasteiger charge is 2.22. The van der Waals surface area contributed by atoms with E-state index in [0.29, 0.717) is 17.1 Å². The smallest absolute Gasteiger partial charge is 0.341 e. The second-order valence-corrected chi connectivity index (χ2v) is 6.53. The fraction of sp³-hybridized carbons (Fsp3) is 0.562. The van der Waals surface area contributed by atoms with Crippen LogP contribution in [0.5, 0.6) is 0 Å². The minimum absolute atomic E-state index is 0.256. The van der Waals surface area contributed by atoms with Gasteiger partial charge in [-0.25, -0.2) is 4.79 Å². The van der Waals surface area contributed by atoms with E-state index in [1.54, 1.807) is 6.92 Å². The molecule has 0 atom stereocenters. The first-order valence-electron chi connectivity index (χ1n) is 7.68. The van der Waals surface area contributed by atoms with Gasteiger partial charge in [-0.05, 0) is 25.8 Å². The van der Waals surface area contributed by atoms with Gasteiger partial charge in [0.15, 0.2) is 6.61 Å². The molecule has 23 heavy (non-hydrogen) atoms. The normalized spacial score (nSPS) is 10.3. The first-order valence-corrected chi connectivity index (χ1v) is 8.49. The van der Waals surface area contributed by atoms with Crippen molar-refractivity contribution in [2.24, 2.45) is 0 Å². The maximum absolute atomic E-state index is 12.2. The van der Waals surface area contributed by atoms with Crippen molar-refractivity contribution in [3.8, 4) is 0 Å². The molecule has 128 valence electrons. The molecule has 0 bridgehead atoms. The van der Waals surface area contributed by atoms with Gasteiger partial charge in [-0.15, -0.1) is 11.3 Å². The summed E-state index contributed by atoms with van der Waals surface area (Å²) in [5.41, 5.74) is 1.08. The first-order chi connectivity index (χ1) is 10.9. The molecule has 0 aliphatic carbocycles. The number of aryl methyl sites for hydroxylation is 1. The van der Waals surface area contributed by atoms with Crippen molar-refractivity contribution < 1.29 is 19.1 Å². The van der Waals surface area contributed by atoms with E-state index in [-0.39, 0.29) is 18.4 Å². The lowest BCUT2D eigenvalue weighted by atomic mass is 10.1. The standard InChI is InChI=1S/C16H24N2O4S/c1-5-6-7-8-17-13(20)9-22-16(21)14-10(2)11(3)23-15(14)18-12(4)19/h5-9H2,1-4H3,(H,17,20)(H,18,19). The van der Waals surface area contributed by atoms with Crippen molar-refractivity contribution in [1.82, 2.24) is 5.32 Å². The summed E-state index contributed by atoms with van der Waals surface area (Å²) < 4.78 is 5.07. The number of hydrogen-bond acceptors (Lipinski definition) is 5. The molecule has 0 aliphatic heterocycles. The van der Waals surface area contributed by atoms with E-state index in [0.717, 1.165) is 29.7 Å². The van der Waals surface area contributed by atoms with Gasteiger partial charge in [-0.2, -0.15) is 0 Å². The summed E-state index contributed by atoms with van der Waals surface area (Å²) in [6.45, 7) is 7.38. The lowest BCUT2D eigenvalue weighted by molar-refractivity contribution is -0.124. The Hall–Kier alpha value is -1.89. The number of anilines is 1. The number of thiophene rings is 1. The van der Waals surface area contributed by atoms with Crippen molar-refractivity contribution in [2.45, 2.75) is 47.0 Å². The van der Waals surface area contributed by atoms with Crippen LogP contribution >= 0.6 is 11.3 Å². The first kappa shape index (κ1) is 19.2. The Morgan fingerprint density at radius 1 is 1.17 bits per heavy atom. The van der Waals surface area contributed by atoms with Crippen molar-refractivity contribution in [1.29, 1.82) is 0 Å². The molecular weight excluding hydrogens is 316 g/mol. The number of carbonyl (C=O) groups is 3. The zero-order valence-electron chi connectivity index (χ0n) is 14.1. The average Bonchev–Trinajstić information content (AvgIpc) is 2.75. The molecule has 0 radical (unpaired) electrons. The monoisotopic (exact) mass is 340 g/mol. The molecule has 0 aliphatic rings. The van der Waals surface area contributed by atoms with E-state index in [1.165, 1.54) is 18.3 Å². The molecule has 1 heterocycles. The van der Waals surface area contributed by atoms with Gasteiger partial charge in [-0.3, -0.25) is 9.59 Å². The third kappa shape index (κ3) is 6.02. The second-order valence-electron chi connectivity index (χ2n) is 5.30. The van der Waals surface area contributed by atoms with Gasteiger partial charge >= 0.3 is 5.97 Å². The summed E-state index contributed by atoms with van der Waals surface area (Å²) in [5.74, 6) is -1.17. The van der Waals surface area contributed by atoms with Crippen LogP contribution < -0.4 is 10.6 Å².